The van der Waals surface area contributed by atoms with Crippen LogP contribution in [0, 0.1) is 20.2 Å². The van der Waals surface area contributed by atoms with Crippen LogP contribution in [0.3, 0.4) is 0 Å². The first-order chi connectivity index (χ1) is 6.95. The molecule has 0 heterocycles. The van der Waals surface area contributed by atoms with Crippen LogP contribution in [0.15, 0.2) is 0 Å². The van der Waals surface area contributed by atoms with Crippen LogP contribution in [0.4, 0.5) is 0 Å². The molecule has 0 bridgehead atoms. The summed E-state index contributed by atoms with van der Waals surface area (Å²) in [4.78, 5) is 18.3. The van der Waals surface area contributed by atoms with E-state index in [2.05, 4.69) is 0 Å². The van der Waals surface area contributed by atoms with Crippen molar-refractivity contribution in [2.75, 3.05) is 26.2 Å². The van der Waals surface area contributed by atoms with E-state index >= 15 is 0 Å². The third kappa shape index (κ3) is 61.7. The molecule has 0 amide bonds. The normalized spacial score (nSPS) is 8.00. The Morgan fingerprint density at radius 3 is 1.00 bits per heavy atom. The molecule has 95 valence electrons. The maximum atomic E-state index is 9.16. The van der Waals surface area contributed by atoms with E-state index in [0.717, 1.165) is 0 Å². The number of hydrogen-bond acceptors (Lipinski definition) is 8. The molecular formula is C4H16CoN6O4. The van der Waals surface area contributed by atoms with Crippen molar-refractivity contribution in [1.29, 1.82) is 0 Å². The van der Waals surface area contributed by atoms with E-state index in [1.54, 1.807) is 0 Å². The first-order valence-electron chi connectivity index (χ1n) is 3.66. The van der Waals surface area contributed by atoms with Gasteiger partial charge in [0.1, 0.15) is 0 Å². The summed E-state index contributed by atoms with van der Waals surface area (Å²) in [7, 11) is 0. The number of nitrogens with two attached hydrogens (primary N) is 4. The van der Waals surface area contributed by atoms with E-state index < -0.39 is 23.1 Å². The van der Waals surface area contributed by atoms with Crippen LogP contribution < -0.4 is 22.9 Å². The van der Waals surface area contributed by atoms with Gasteiger partial charge in [-0.2, -0.15) is 0 Å². The van der Waals surface area contributed by atoms with Crippen LogP contribution >= 0.6 is 0 Å². The zero-order chi connectivity index (χ0) is 12.7. The Bertz CT molecular complexity index is 138. The molecule has 0 aromatic rings. The summed E-state index contributed by atoms with van der Waals surface area (Å²) >= 11 is -0.951. The van der Waals surface area contributed by atoms with Crippen molar-refractivity contribution in [3.05, 3.63) is 20.2 Å². The van der Waals surface area contributed by atoms with Crippen molar-refractivity contribution < 1.29 is 23.1 Å². The Balaban J connectivity index is -0.000000155. The van der Waals surface area contributed by atoms with Gasteiger partial charge in [-0.25, -0.2) is 0 Å². The van der Waals surface area contributed by atoms with Crippen LogP contribution in [0.5, 0.6) is 0 Å². The van der Waals surface area contributed by atoms with Crippen molar-refractivity contribution in [1.82, 2.24) is 0 Å². The zero-order valence-corrected chi connectivity index (χ0v) is 9.04. The Morgan fingerprint density at radius 1 is 0.800 bits per heavy atom. The zero-order valence-electron chi connectivity index (χ0n) is 8.00. The molecular weight excluding hydrogens is 255 g/mol. The average molecular weight is 271 g/mol. The average Bonchev–Trinajstić information content (AvgIpc) is 2.16. The molecule has 15 heavy (non-hydrogen) atoms. The van der Waals surface area contributed by atoms with Crippen molar-refractivity contribution in [2.24, 2.45) is 22.9 Å². The van der Waals surface area contributed by atoms with E-state index in [-0.39, 0.29) is 0 Å². The Hall–Kier alpha value is -0.854. The summed E-state index contributed by atoms with van der Waals surface area (Å²) in [6.45, 7) is 2.39. The second-order valence-corrected chi connectivity index (χ2v) is 2.58. The standard InChI is InChI=1S/2C2H8N2.Co.2NO2/c2*3-1-2-4;;2*2-1-3/h2*1-4H2;;;. The van der Waals surface area contributed by atoms with Crippen LogP contribution in [0.25, 0.3) is 0 Å². The van der Waals surface area contributed by atoms with Gasteiger partial charge in [0.15, 0.2) is 0 Å². The monoisotopic (exact) mass is 271 g/mol. The maximum absolute atomic E-state index is 9.16. The molecule has 0 aliphatic heterocycles. The quantitative estimate of drug-likeness (QED) is 0.312. The van der Waals surface area contributed by atoms with Gasteiger partial charge < -0.3 is 22.9 Å². The van der Waals surface area contributed by atoms with Gasteiger partial charge in [-0.05, 0) is 0 Å². The molecule has 0 aromatic heterocycles. The van der Waals surface area contributed by atoms with Crippen molar-refractivity contribution >= 4 is 0 Å². The van der Waals surface area contributed by atoms with E-state index in [0.29, 0.717) is 26.2 Å². The fourth-order valence-electron chi connectivity index (χ4n) is 0.0444. The molecule has 10 nitrogen and oxygen atoms in total. The number of nitro groups is 2. The fourth-order valence-corrected chi connectivity index (χ4v) is 0.183. The Kier molecular flexibility index (Phi) is 24.7. The van der Waals surface area contributed by atoms with E-state index in [1.807, 2.05) is 0 Å². The van der Waals surface area contributed by atoms with Crippen molar-refractivity contribution in [3.8, 4) is 0 Å². The van der Waals surface area contributed by atoms with E-state index in [4.69, 9.17) is 43.2 Å². The molecule has 0 aliphatic carbocycles. The minimum absolute atomic E-state index is 0.597. The summed E-state index contributed by atoms with van der Waals surface area (Å²) in [5, 5.41) is 18.3. The summed E-state index contributed by atoms with van der Waals surface area (Å²) in [6, 6.07) is 0. The van der Waals surface area contributed by atoms with Crippen LogP contribution in [0.2, 0.25) is 0 Å². The molecule has 0 spiro atoms. The first-order valence-corrected chi connectivity index (χ1v) is 4.59. The molecule has 0 saturated heterocycles. The van der Waals surface area contributed by atoms with Crippen LogP contribution in [-0.2, 0) is 15.1 Å². The van der Waals surface area contributed by atoms with E-state index in [9.17, 15) is 0 Å². The van der Waals surface area contributed by atoms with Gasteiger partial charge >= 0.3 is 43.3 Å². The van der Waals surface area contributed by atoms with Gasteiger partial charge in [0.2, 0.25) is 0 Å². The summed E-state index contributed by atoms with van der Waals surface area (Å²) in [6.07, 6.45) is 0. The first kappa shape index (κ1) is 19.7. The fraction of sp³-hybridized carbons (Fsp3) is 1.00. The van der Waals surface area contributed by atoms with Gasteiger partial charge in [0.25, 0.3) is 0 Å². The van der Waals surface area contributed by atoms with Gasteiger partial charge in [-0.15, -0.1) is 0 Å². The summed E-state index contributed by atoms with van der Waals surface area (Å²) in [5.74, 6) is 0. The SMILES string of the molecule is NCCN.NCCN.O=[N+]([O-])[Co][N+](=O)[O-]. The van der Waals surface area contributed by atoms with Gasteiger partial charge in [0.05, 0.1) is 0 Å². The van der Waals surface area contributed by atoms with E-state index in [1.165, 1.54) is 0 Å². The third-order valence-corrected chi connectivity index (χ3v) is 0.782. The molecule has 0 aromatic carbocycles. The Morgan fingerprint density at radius 2 is 1.00 bits per heavy atom. The molecule has 11 heteroatoms. The molecule has 0 unspecified atom stereocenters. The van der Waals surface area contributed by atoms with Crippen molar-refractivity contribution in [2.45, 2.75) is 0 Å². The predicted molar refractivity (Wildman–Crippen MR) is 50.2 cm³/mol. The molecule has 0 saturated carbocycles. The summed E-state index contributed by atoms with van der Waals surface area (Å²) < 4.78 is -2.06. The third-order valence-electron chi connectivity index (χ3n) is 0.442. The van der Waals surface area contributed by atoms with Crippen molar-refractivity contribution in [3.63, 3.8) is 0 Å². The molecule has 0 radical (unpaired) electrons. The molecule has 0 rings (SSSR count). The number of nitrogens with zero attached hydrogens (tertiary/aromatic N) is 2. The second-order valence-electron chi connectivity index (χ2n) is 1.61. The van der Waals surface area contributed by atoms with Gasteiger partial charge in [-0.1, -0.05) is 0 Å². The topological polar surface area (TPSA) is 190 Å². The second kappa shape index (κ2) is 18.8. The molecule has 0 fully saturated rings. The summed E-state index contributed by atoms with van der Waals surface area (Å²) in [5.41, 5.74) is 19.6. The molecule has 8 N–H and O–H groups in total. The molecule has 0 aliphatic rings. The number of hydrogen-bond donors (Lipinski definition) is 4. The predicted octanol–water partition coefficient (Wildman–Crippen LogP) is -2.74. The van der Waals surface area contributed by atoms with Gasteiger partial charge in [0, 0.05) is 26.2 Å². The van der Waals surface area contributed by atoms with Gasteiger partial charge in [-0.3, -0.25) is 0 Å². The Labute approximate surface area is 93.0 Å². The molecule has 0 atom stereocenters. The van der Waals surface area contributed by atoms with Crippen LogP contribution in [0.1, 0.15) is 0 Å². The minimum atomic E-state index is -1.03. The van der Waals surface area contributed by atoms with Crippen LogP contribution in [-0.4, -0.2) is 34.1 Å². The number of rotatable bonds is 4.